The van der Waals surface area contributed by atoms with Crippen LogP contribution in [0.3, 0.4) is 0 Å². The first kappa shape index (κ1) is 23.4. The van der Waals surface area contributed by atoms with Crippen LogP contribution in [0.5, 0.6) is 5.75 Å². The second-order valence-electron chi connectivity index (χ2n) is 8.35. The number of ether oxygens (including phenoxy) is 3. The van der Waals surface area contributed by atoms with Crippen LogP contribution in [0, 0.1) is 0 Å². The molecule has 10 heteroatoms. The molecule has 1 unspecified atom stereocenters. The molecule has 0 saturated heterocycles. The van der Waals surface area contributed by atoms with Gasteiger partial charge >= 0.3 is 5.97 Å². The normalized spacial score (nSPS) is 15.1. The molecule has 1 aliphatic heterocycles. The van der Waals surface area contributed by atoms with E-state index in [1.165, 1.54) is 33.1 Å². The molecule has 1 aromatic heterocycles. The van der Waals surface area contributed by atoms with Gasteiger partial charge in [0.2, 0.25) is 15.3 Å². The summed E-state index contributed by atoms with van der Waals surface area (Å²) < 4.78 is 44.1. The number of carbonyl (C=O) groups excluding carboxylic acids is 1. The van der Waals surface area contributed by atoms with Crippen LogP contribution in [0.1, 0.15) is 25.0 Å². The van der Waals surface area contributed by atoms with Crippen LogP contribution < -0.4 is 9.64 Å². The molecule has 176 valence electrons. The number of aromatic nitrogens is 1. The number of anilines is 1. The number of rotatable bonds is 6. The van der Waals surface area contributed by atoms with Gasteiger partial charge < -0.3 is 24.1 Å². The Morgan fingerprint density at radius 3 is 2.70 bits per heavy atom. The summed E-state index contributed by atoms with van der Waals surface area (Å²) in [6.07, 6.45) is 0. The summed E-state index contributed by atoms with van der Waals surface area (Å²) in [4.78, 5) is 17.4. The van der Waals surface area contributed by atoms with Gasteiger partial charge in [-0.15, -0.1) is 0 Å². The molecule has 33 heavy (non-hydrogen) atoms. The van der Waals surface area contributed by atoms with Crippen molar-refractivity contribution in [2.45, 2.75) is 29.8 Å². The Bertz CT molecular complexity index is 1320. The highest BCUT2D eigenvalue weighted by Gasteiger charge is 2.41. The van der Waals surface area contributed by atoms with Crippen LogP contribution in [-0.4, -0.2) is 52.3 Å². The van der Waals surface area contributed by atoms with E-state index in [0.717, 1.165) is 5.69 Å². The third-order valence-electron chi connectivity index (χ3n) is 5.57. The molecule has 1 N–H and O–H groups in total. The third-order valence-corrected chi connectivity index (χ3v) is 7.63. The molecule has 1 atom stereocenters. The van der Waals surface area contributed by atoms with E-state index in [-0.39, 0.29) is 10.6 Å². The fourth-order valence-corrected chi connectivity index (χ4v) is 5.53. The average molecular weight is 493 g/mol. The van der Waals surface area contributed by atoms with E-state index in [1.807, 2.05) is 11.9 Å². The number of fused-ring (bicyclic) bond motifs is 2. The molecule has 0 aliphatic carbocycles. The Morgan fingerprint density at radius 1 is 1.21 bits per heavy atom. The number of methoxy groups -OCH3 is 1. The van der Waals surface area contributed by atoms with Crippen LogP contribution in [0.25, 0.3) is 10.9 Å². The molecule has 1 aliphatic rings. The van der Waals surface area contributed by atoms with Crippen molar-refractivity contribution in [3.8, 4) is 5.75 Å². The molecule has 0 saturated carbocycles. The molecule has 0 bridgehead atoms. The van der Waals surface area contributed by atoms with Gasteiger partial charge in [0, 0.05) is 29.0 Å². The summed E-state index contributed by atoms with van der Waals surface area (Å²) >= 11 is 6.10. The first-order valence-corrected chi connectivity index (χ1v) is 12.2. The minimum Gasteiger partial charge on any atom is -0.490 e. The number of H-pyrrole nitrogens is 1. The molecule has 0 radical (unpaired) electrons. The van der Waals surface area contributed by atoms with Gasteiger partial charge in [0.1, 0.15) is 12.4 Å². The van der Waals surface area contributed by atoms with Gasteiger partial charge in [-0.3, -0.25) is 0 Å². The average Bonchev–Trinajstić information content (AvgIpc) is 3.19. The van der Waals surface area contributed by atoms with E-state index in [1.54, 1.807) is 30.3 Å². The summed E-state index contributed by atoms with van der Waals surface area (Å²) in [6, 6.07) is 11.5. The fraction of sp³-hybridized carbons (Fsp3) is 0.348. The minimum absolute atomic E-state index is 0.0129. The number of nitrogens with one attached hydrogen (secondary N) is 1. The lowest BCUT2D eigenvalue weighted by Crippen LogP contribution is -2.39. The minimum atomic E-state index is -4.13. The van der Waals surface area contributed by atoms with E-state index in [0.29, 0.717) is 34.8 Å². The standard InChI is InChI=1S/C23H25ClN2O6S/c1-23(2,22(27)30-4)32-21(18-12-14-11-15(24)5-7-17(14)25-18)33(28,29)16-6-8-19-20(13-16)31-10-9-26(19)3/h5-8,11-13,21,25H,9-10H2,1-4H3. The predicted molar refractivity (Wildman–Crippen MR) is 126 cm³/mol. The van der Waals surface area contributed by atoms with E-state index >= 15 is 0 Å². The second-order valence-corrected chi connectivity index (χ2v) is 10.8. The van der Waals surface area contributed by atoms with Crippen molar-refractivity contribution in [3.63, 3.8) is 0 Å². The van der Waals surface area contributed by atoms with Crippen LogP contribution in [0.2, 0.25) is 5.02 Å². The Labute approximate surface area is 197 Å². The van der Waals surface area contributed by atoms with E-state index in [4.69, 9.17) is 25.8 Å². The highest BCUT2D eigenvalue weighted by molar-refractivity contribution is 7.91. The Hall–Kier alpha value is -2.75. The van der Waals surface area contributed by atoms with Gasteiger partial charge in [-0.2, -0.15) is 0 Å². The summed E-state index contributed by atoms with van der Waals surface area (Å²) in [7, 11) is -0.996. The largest absolute Gasteiger partial charge is 0.490 e. The summed E-state index contributed by atoms with van der Waals surface area (Å²) in [5, 5.41) is 1.23. The number of aromatic amines is 1. The lowest BCUT2D eigenvalue weighted by Gasteiger charge is -2.30. The van der Waals surface area contributed by atoms with Crippen LogP contribution >= 0.6 is 11.6 Å². The Kier molecular flexibility index (Phi) is 6.07. The molecule has 0 fully saturated rings. The maximum atomic E-state index is 13.8. The zero-order chi connectivity index (χ0) is 24.0. The molecule has 0 spiro atoms. The molecule has 8 nitrogen and oxygen atoms in total. The number of hydrogen-bond donors (Lipinski definition) is 1. The van der Waals surface area contributed by atoms with Crippen LogP contribution in [-0.2, 0) is 24.1 Å². The van der Waals surface area contributed by atoms with E-state index in [2.05, 4.69) is 4.98 Å². The van der Waals surface area contributed by atoms with Crippen molar-refractivity contribution >= 4 is 44.0 Å². The number of carbonyl (C=O) groups is 1. The highest BCUT2D eigenvalue weighted by atomic mass is 35.5. The van der Waals surface area contributed by atoms with E-state index in [9.17, 15) is 13.2 Å². The van der Waals surface area contributed by atoms with Gasteiger partial charge in [-0.05, 0) is 50.2 Å². The SMILES string of the molecule is COC(=O)C(C)(C)OC(c1cc2cc(Cl)ccc2[nH]1)S(=O)(=O)c1ccc2c(c1)OCCN2C. The van der Waals surface area contributed by atoms with Gasteiger partial charge in [-0.25, -0.2) is 13.2 Å². The predicted octanol–water partition coefficient (Wildman–Crippen LogP) is 4.09. The lowest BCUT2D eigenvalue weighted by molar-refractivity contribution is -0.167. The number of hydrogen-bond acceptors (Lipinski definition) is 7. The molecule has 3 aromatic rings. The molecular weight excluding hydrogens is 468 g/mol. The number of sulfone groups is 1. The van der Waals surface area contributed by atoms with Crippen molar-refractivity contribution < 1.29 is 27.4 Å². The van der Waals surface area contributed by atoms with Crippen molar-refractivity contribution in [2.75, 3.05) is 32.2 Å². The maximum absolute atomic E-state index is 13.8. The van der Waals surface area contributed by atoms with Gasteiger partial charge in [-0.1, -0.05) is 11.6 Å². The first-order valence-electron chi connectivity index (χ1n) is 10.3. The third kappa shape index (κ3) is 4.40. The van der Waals surface area contributed by atoms with Crippen molar-refractivity contribution in [1.82, 2.24) is 4.98 Å². The Balaban J connectivity index is 1.83. The zero-order valence-corrected chi connectivity index (χ0v) is 20.3. The monoisotopic (exact) mass is 492 g/mol. The number of benzene rings is 2. The van der Waals surface area contributed by atoms with Gasteiger partial charge in [0.25, 0.3) is 0 Å². The van der Waals surface area contributed by atoms with Crippen molar-refractivity contribution in [2.24, 2.45) is 0 Å². The first-order chi connectivity index (χ1) is 15.5. The molecule has 2 aromatic carbocycles. The molecule has 4 rings (SSSR count). The number of likely N-dealkylation sites (N-methyl/N-ethyl adjacent to an activating group) is 1. The quantitative estimate of drug-likeness (QED) is 0.517. The smallest absolute Gasteiger partial charge is 0.337 e. The van der Waals surface area contributed by atoms with Crippen LogP contribution in [0.15, 0.2) is 47.4 Å². The Morgan fingerprint density at radius 2 is 1.97 bits per heavy atom. The van der Waals surface area contributed by atoms with Crippen LogP contribution in [0.4, 0.5) is 5.69 Å². The summed E-state index contributed by atoms with van der Waals surface area (Å²) in [6.45, 7) is 4.08. The zero-order valence-electron chi connectivity index (χ0n) is 18.7. The summed E-state index contributed by atoms with van der Waals surface area (Å²) in [5.41, 5.74) is -1.30. The van der Waals surface area contributed by atoms with Crippen molar-refractivity contribution in [3.05, 3.63) is 53.2 Å². The van der Waals surface area contributed by atoms with E-state index < -0.39 is 26.8 Å². The summed E-state index contributed by atoms with van der Waals surface area (Å²) in [5.74, 6) is -0.225. The van der Waals surface area contributed by atoms with Crippen molar-refractivity contribution in [1.29, 1.82) is 0 Å². The molecule has 0 amide bonds. The highest BCUT2D eigenvalue weighted by Crippen LogP contribution is 2.39. The lowest BCUT2D eigenvalue weighted by atomic mass is 10.1. The van der Waals surface area contributed by atoms with Gasteiger partial charge in [0.15, 0.2) is 5.60 Å². The molecular formula is C23H25ClN2O6S. The number of halogens is 1. The van der Waals surface area contributed by atoms with Gasteiger partial charge in [0.05, 0.1) is 29.9 Å². The maximum Gasteiger partial charge on any atom is 0.337 e. The fourth-order valence-electron chi connectivity index (χ4n) is 3.75. The number of esters is 1. The molecule has 2 heterocycles. The second kappa shape index (κ2) is 8.55. The topological polar surface area (TPSA) is 97.9 Å². The number of nitrogens with zero attached hydrogens (tertiary/aromatic N) is 1.